The highest BCUT2D eigenvalue weighted by Gasteiger charge is 2.27. The number of para-hydroxylation sites is 2. The molecule has 2 aromatic carbocycles. The fourth-order valence-corrected chi connectivity index (χ4v) is 4.80. The molecule has 0 aliphatic rings. The lowest BCUT2D eigenvalue weighted by Gasteiger charge is -2.29. The molecule has 0 aromatic heterocycles. The predicted molar refractivity (Wildman–Crippen MR) is 143 cm³/mol. The van der Waals surface area contributed by atoms with Gasteiger partial charge in [0, 0.05) is 26.1 Å². The van der Waals surface area contributed by atoms with Crippen LogP contribution < -0.4 is 14.4 Å². The third kappa shape index (κ3) is 9.35. The Bertz CT molecular complexity index is 1130. The van der Waals surface area contributed by atoms with Gasteiger partial charge in [-0.1, -0.05) is 37.6 Å². The van der Waals surface area contributed by atoms with E-state index >= 15 is 0 Å². The van der Waals surface area contributed by atoms with Crippen molar-refractivity contribution in [2.45, 2.75) is 59.0 Å². The number of carbonyl (C=O) groups is 2. The second kappa shape index (κ2) is 14.6. The standard InChI is InChI=1S/C27H38FN3O5S/c1-5-7-18-29-27(33)21(3)30(20-22-14-16-23(28)17-15-22)26(32)13-10-19-31(37(4,34)35)24-11-8-9-12-25(24)36-6-2/h8-9,11-12,14-17,21H,5-7,10,13,18-20H2,1-4H3,(H,29,33)/t21-/m0/s1. The largest absolute Gasteiger partial charge is 0.492 e. The van der Waals surface area contributed by atoms with Gasteiger partial charge in [-0.15, -0.1) is 0 Å². The number of hydrogen-bond donors (Lipinski definition) is 1. The van der Waals surface area contributed by atoms with Crippen molar-refractivity contribution < 1.29 is 27.1 Å². The van der Waals surface area contributed by atoms with E-state index < -0.39 is 16.1 Å². The van der Waals surface area contributed by atoms with Crippen LogP contribution in [0.2, 0.25) is 0 Å². The van der Waals surface area contributed by atoms with Crippen LogP contribution in [0.25, 0.3) is 0 Å². The van der Waals surface area contributed by atoms with Crippen LogP contribution >= 0.6 is 0 Å². The van der Waals surface area contributed by atoms with Gasteiger partial charge in [-0.25, -0.2) is 12.8 Å². The maximum atomic E-state index is 13.4. The number of amides is 2. The third-order valence-electron chi connectivity index (χ3n) is 5.85. The minimum atomic E-state index is -3.64. The van der Waals surface area contributed by atoms with Crippen LogP contribution in [-0.4, -0.2) is 57.1 Å². The second-order valence-corrected chi connectivity index (χ2v) is 10.7. The maximum Gasteiger partial charge on any atom is 0.242 e. The summed E-state index contributed by atoms with van der Waals surface area (Å²) >= 11 is 0. The Kier molecular flexibility index (Phi) is 11.8. The summed E-state index contributed by atoms with van der Waals surface area (Å²) in [5.41, 5.74) is 1.09. The summed E-state index contributed by atoms with van der Waals surface area (Å²) in [6.45, 7) is 6.58. The van der Waals surface area contributed by atoms with Gasteiger partial charge in [0.25, 0.3) is 0 Å². The Morgan fingerprint density at radius 2 is 1.73 bits per heavy atom. The van der Waals surface area contributed by atoms with E-state index in [1.165, 1.54) is 21.3 Å². The molecule has 0 spiro atoms. The molecule has 8 nitrogen and oxygen atoms in total. The molecule has 0 unspecified atom stereocenters. The molecule has 0 heterocycles. The number of sulfonamides is 1. The smallest absolute Gasteiger partial charge is 0.242 e. The third-order valence-corrected chi connectivity index (χ3v) is 7.03. The van der Waals surface area contributed by atoms with Gasteiger partial charge in [0.2, 0.25) is 21.8 Å². The van der Waals surface area contributed by atoms with E-state index in [4.69, 9.17) is 4.74 Å². The molecule has 0 aliphatic carbocycles. The van der Waals surface area contributed by atoms with Crippen molar-refractivity contribution in [2.75, 3.05) is 30.3 Å². The van der Waals surface area contributed by atoms with Crippen LogP contribution in [0.15, 0.2) is 48.5 Å². The number of ether oxygens (including phenoxy) is 1. The van der Waals surface area contributed by atoms with Crippen molar-refractivity contribution in [1.29, 1.82) is 0 Å². The van der Waals surface area contributed by atoms with E-state index in [0.717, 1.165) is 19.1 Å². The van der Waals surface area contributed by atoms with Crippen molar-refractivity contribution in [1.82, 2.24) is 10.2 Å². The molecule has 0 bridgehead atoms. The fourth-order valence-electron chi connectivity index (χ4n) is 3.83. The number of halogens is 1. The monoisotopic (exact) mass is 535 g/mol. The van der Waals surface area contributed by atoms with Gasteiger partial charge < -0.3 is 15.0 Å². The minimum Gasteiger partial charge on any atom is -0.492 e. The Hall–Kier alpha value is -3.14. The number of benzene rings is 2. The van der Waals surface area contributed by atoms with E-state index in [1.54, 1.807) is 43.3 Å². The molecule has 0 radical (unpaired) electrons. The number of nitrogens with one attached hydrogen (secondary N) is 1. The van der Waals surface area contributed by atoms with Gasteiger partial charge in [-0.05, 0) is 56.5 Å². The van der Waals surface area contributed by atoms with Crippen molar-refractivity contribution in [3.63, 3.8) is 0 Å². The van der Waals surface area contributed by atoms with Crippen molar-refractivity contribution in [3.8, 4) is 5.75 Å². The Morgan fingerprint density at radius 1 is 1.05 bits per heavy atom. The van der Waals surface area contributed by atoms with Gasteiger partial charge in [-0.3, -0.25) is 13.9 Å². The van der Waals surface area contributed by atoms with Gasteiger partial charge in [0.15, 0.2) is 0 Å². The highest BCUT2D eigenvalue weighted by molar-refractivity contribution is 7.92. The maximum absolute atomic E-state index is 13.4. The molecule has 0 aliphatic heterocycles. The van der Waals surface area contributed by atoms with Gasteiger partial charge in [0.05, 0.1) is 18.6 Å². The Labute approximate surface area is 219 Å². The molecule has 0 fully saturated rings. The number of rotatable bonds is 15. The first kappa shape index (κ1) is 30.1. The molecule has 204 valence electrons. The number of unbranched alkanes of at least 4 members (excludes halogenated alkanes) is 1. The summed E-state index contributed by atoms with van der Waals surface area (Å²) in [6.07, 6.45) is 3.12. The van der Waals surface area contributed by atoms with Crippen molar-refractivity contribution >= 4 is 27.5 Å². The van der Waals surface area contributed by atoms with Crippen LogP contribution in [0, 0.1) is 5.82 Å². The first-order valence-electron chi connectivity index (χ1n) is 12.6. The zero-order valence-corrected chi connectivity index (χ0v) is 22.9. The van der Waals surface area contributed by atoms with Gasteiger partial charge in [0.1, 0.15) is 17.6 Å². The lowest BCUT2D eigenvalue weighted by atomic mass is 10.1. The van der Waals surface area contributed by atoms with Crippen LogP contribution in [0.4, 0.5) is 10.1 Å². The van der Waals surface area contributed by atoms with Gasteiger partial charge in [-0.2, -0.15) is 0 Å². The summed E-state index contributed by atoms with van der Waals surface area (Å²) in [5, 5.41) is 2.85. The Morgan fingerprint density at radius 3 is 2.35 bits per heavy atom. The molecule has 0 saturated carbocycles. The van der Waals surface area contributed by atoms with E-state index in [2.05, 4.69) is 5.32 Å². The summed E-state index contributed by atoms with van der Waals surface area (Å²) in [6, 6.07) is 11.9. The summed E-state index contributed by atoms with van der Waals surface area (Å²) < 4.78 is 45.4. The first-order valence-corrected chi connectivity index (χ1v) is 14.4. The fraction of sp³-hybridized carbons (Fsp3) is 0.481. The number of hydrogen-bond acceptors (Lipinski definition) is 5. The quantitative estimate of drug-likeness (QED) is 0.347. The predicted octanol–water partition coefficient (Wildman–Crippen LogP) is 4.10. The Balaban J connectivity index is 2.17. The lowest BCUT2D eigenvalue weighted by molar-refractivity contribution is -0.140. The number of nitrogens with zero attached hydrogens (tertiary/aromatic N) is 2. The molecule has 2 rings (SSSR count). The summed E-state index contributed by atoms with van der Waals surface area (Å²) in [4.78, 5) is 27.5. The highest BCUT2D eigenvalue weighted by atomic mass is 32.2. The molecular weight excluding hydrogens is 497 g/mol. The molecule has 1 N–H and O–H groups in total. The van der Waals surface area contributed by atoms with Crippen LogP contribution in [0.5, 0.6) is 5.75 Å². The molecule has 2 amide bonds. The summed E-state index contributed by atoms with van der Waals surface area (Å²) in [7, 11) is -3.64. The molecule has 1 atom stereocenters. The van der Waals surface area contributed by atoms with Gasteiger partial charge >= 0.3 is 0 Å². The van der Waals surface area contributed by atoms with Crippen LogP contribution in [-0.2, 0) is 26.2 Å². The SMILES string of the molecule is CCCCNC(=O)[C@H](C)N(Cc1ccc(F)cc1)C(=O)CCCN(c1ccccc1OCC)S(C)(=O)=O. The zero-order chi connectivity index (χ0) is 27.4. The molecule has 0 saturated heterocycles. The van der Waals surface area contributed by atoms with E-state index in [9.17, 15) is 22.4 Å². The number of carbonyl (C=O) groups excluding carboxylic acids is 2. The van der Waals surface area contributed by atoms with Crippen molar-refractivity contribution in [3.05, 3.63) is 59.9 Å². The van der Waals surface area contributed by atoms with Crippen LogP contribution in [0.1, 0.15) is 52.0 Å². The molecular formula is C27H38FN3O5S. The normalized spacial score (nSPS) is 12.0. The average Bonchev–Trinajstić information content (AvgIpc) is 2.86. The highest BCUT2D eigenvalue weighted by Crippen LogP contribution is 2.30. The van der Waals surface area contributed by atoms with E-state index in [0.29, 0.717) is 30.2 Å². The summed E-state index contributed by atoms with van der Waals surface area (Å²) in [5.74, 6) is -0.515. The second-order valence-electron chi connectivity index (χ2n) is 8.81. The van der Waals surface area contributed by atoms with Crippen molar-refractivity contribution in [2.24, 2.45) is 0 Å². The average molecular weight is 536 g/mol. The topological polar surface area (TPSA) is 96.0 Å². The minimum absolute atomic E-state index is 0.0244. The van der Waals surface area contributed by atoms with Crippen LogP contribution in [0.3, 0.4) is 0 Å². The lowest BCUT2D eigenvalue weighted by Crippen LogP contribution is -2.48. The van der Waals surface area contributed by atoms with E-state index in [-0.39, 0.29) is 43.6 Å². The number of anilines is 1. The first-order chi connectivity index (χ1) is 17.6. The van der Waals surface area contributed by atoms with E-state index in [1.807, 2.05) is 13.8 Å². The molecule has 37 heavy (non-hydrogen) atoms. The molecule has 10 heteroatoms. The molecule has 2 aromatic rings. The zero-order valence-electron chi connectivity index (χ0n) is 22.1.